The summed E-state index contributed by atoms with van der Waals surface area (Å²) in [4.78, 5) is 10.6. The zero-order valence-corrected chi connectivity index (χ0v) is 7.74. The number of aryl methyl sites for hydroxylation is 2. The molecule has 4 N–H and O–H groups in total. The maximum atomic E-state index is 10.6. The Bertz CT molecular complexity index is 350. The van der Waals surface area contributed by atoms with Crippen LogP contribution in [0, 0.1) is 29.4 Å². The van der Waals surface area contributed by atoms with E-state index in [1.165, 1.54) is 0 Å². The molecule has 76 valence electrons. The molecule has 0 saturated carbocycles. The first kappa shape index (κ1) is 9.96. The summed E-state index contributed by atoms with van der Waals surface area (Å²) in [7, 11) is 0. The summed E-state index contributed by atoms with van der Waals surface area (Å²) in [5.74, 6) is -0.650. The Kier molecular flexibility index (Phi) is 2.36. The number of anilines is 1. The third-order valence-corrected chi connectivity index (χ3v) is 1.69. The molecule has 0 aliphatic rings. The standard InChI is InChI=1S/C6H10N6O2/c1-3-5(4(2)10-9-3)11(6(7)8)12(13)14/h1-2H3,(H3,7,8)(H,9,10). The van der Waals surface area contributed by atoms with Crippen LogP contribution in [0.5, 0.6) is 0 Å². The van der Waals surface area contributed by atoms with Gasteiger partial charge in [-0.2, -0.15) is 5.10 Å². The molecule has 8 heteroatoms. The van der Waals surface area contributed by atoms with Gasteiger partial charge in [-0.1, -0.05) is 0 Å². The molecular weight excluding hydrogens is 188 g/mol. The van der Waals surface area contributed by atoms with Crippen LogP contribution in [0.1, 0.15) is 11.4 Å². The van der Waals surface area contributed by atoms with Crippen LogP contribution in [0.4, 0.5) is 5.69 Å². The van der Waals surface area contributed by atoms with Crippen molar-refractivity contribution < 1.29 is 5.03 Å². The fourth-order valence-electron chi connectivity index (χ4n) is 1.15. The molecule has 0 fully saturated rings. The third kappa shape index (κ3) is 1.49. The maximum Gasteiger partial charge on any atom is 0.258 e. The number of hydrogen-bond acceptors (Lipinski definition) is 4. The number of nitro groups is 1. The highest BCUT2D eigenvalue weighted by Crippen LogP contribution is 2.21. The second-order valence-corrected chi connectivity index (χ2v) is 2.72. The summed E-state index contributed by atoms with van der Waals surface area (Å²) < 4.78 is 0. The van der Waals surface area contributed by atoms with Gasteiger partial charge in [-0.15, -0.1) is 0 Å². The van der Waals surface area contributed by atoms with Crippen molar-refractivity contribution in [3.63, 3.8) is 0 Å². The number of guanidine groups is 1. The highest BCUT2D eigenvalue weighted by Gasteiger charge is 2.26. The number of aromatic amines is 1. The van der Waals surface area contributed by atoms with E-state index in [2.05, 4.69) is 10.2 Å². The van der Waals surface area contributed by atoms with Gasteiger partial charge in [0.1, 0.15) is 0 Å². The lowest BCUT2D eigenvalue weighted by Gasteiger charge is -2.10. The van der Waals surface area contributed by atoms with E-state index >= 15 is 0 Å². The normalized spacial score (nSPS) is 9.86. The molecule has 14 heavy (non-hydrogen) atoms. The fourth-order valence-corrected chi connectivity index (χ4v) is 1.15. The molecular formula is C6H10N6O2. The van der Waals surface area contributed by atoms with Gasteiger partial charge in [0.05, 0.1) is 11.4 Å². The van der Waals surface area contributed by atoms with E-state index < -0.39 is 11.0 Å². The van der Waals surface area contributed by atoms with Crippen molar-refractivity contribution in [2.75, 3.05) is 5.01 Å². The second kappa shape index (κ2) is 3.32. The van der Waals surface area contributed by atoms with E-state index in [4.69, 9.17) is 11.1 Å². The van der Waals surface area contributed by atoms with Gasteiger partial charge in [-0.05, 0) is 18.9 Å². The van der Waals surface area contributed by atoms with Gasteiger partial charge in [0.15, 0.2) is 10.7 Å². The number of nitrogens with zero attached hydrogens (tertiary/aromatic N) is 3. The number of nitrogens with one attached hydrogen (secondary N) is 2. The zero-order valence-electron chi connectivity index (χ0n) is 7.74. The fraction of sp³-hybridized carbons (Fsp3) is 0.333. The minimum atomic E-state index is -0.757. The van der Waals surface area contributed by atoms with Crippen molar-refractivity contribution >= 4 is 11.6 Å². The molecule has 0 amide bonds. The van der Waals surface area contributed by atoms with Gasteiger partial charge in [0, 0.05) is 0 Å². The van der Waals surface area contributed by atoms with Gasteiger partial charge in [-0.25, -0.2) is 10.1 Å². The predicted molar refractivity (Wildman–Crippen MR) is 49.4 cm³/mol. The molecule has 0 aromatic carbocycles. The summed E-state index contributed by atoms with van der Waals surface area (Å²) in [5.41, 5.74) is 6.22. The largest absolute Gasteiger partial charge is 0.365 e. The lowest BCUT2D eigenvalue weighted by molar-refractivity contribution is -0.479. The monoisotopic (exact) mass is 198 g/mol. The summed E-state index contributed by atoms with van der Waals surface area (Å²) >= 11 is 0. The molecule has 1 aromatic rings. The molecule has 0 spiro atoms. The van der Waals surface area contributed by atoms with Crippen molar-refractivity contribution in [3.8, 4) is 0 Å². The highest BCUT2D eigenvalue weighted by atomic mass is 16.7. The van der Waals surface area contributed by atoms with E-state index in [0.29, 0.717) is 16.4 Å². The van der Waals surface area contributed by atoms with Crippen LogP contribution >= 0.6 is 0 Å². The molecule has 1 rings (SSSR count). The van der Waals surface area contributed by atoms with Crippen LogP contribution in [0.25, 0.3) is 0 Å². The first-order valence-electron chi connectivity index (χ1n) is 3.75. The van der Waals surface area contributed by atoms with Crippen LogP contribution in [-0.4, -0.2) is 21.2 Å². The lowest BCUT2D eigenvalue weighted by Crippen LogP contribution is -2.41. The molecule has 0 radical (unpaired) electrons. The first-order chi connectivity index (χ1) is 6.45. The van der Waals surface area contributed by atoms with E-state index in [1.807, 2.05) is 0 Å². The molecule has 0 atom stereocenters. The smallest absolute Gasteiger partial charge is 0.258 e. The summed E-state index contributed by atoms with van der Waals surface area (Å²) in [5, 5.41) is 23.8. The average molecular weight is 198 g/mol. The Hall–Kier alpha value is -2.12. The third-order valence-electron chi connectivity index (χ3n) is 1.69. The van der Waals surface area contributed by atoms with Gasteiger partial charge in [0.2, 0.25) is 0 Å². The number of hydrazine groups is 1. The average Bonchev–Trinajstić information content (AvgIpc) is 2.34. The number of nitrogens with two attached hydrogens (primary N) is 1. The Labute approximate surface area is 79.3 Å². The second-order valence-electron chi connectivity index (χ2n) is 2.72. The summed E-state index contributed by atoms with van der Waals surface area (Å²) in [6, 6.07) is 0. The van der Waals surface area contributed by atoms with Gasteiger partial charge < -0.3 is 5.73 Å². The molecule has 1 heterocycles. The van der Waals surface area contributed by atoms with Crippen molar-refractivity contribution in [3.05, 3.63) is 21.5 Å². The maximum absolute atomic E-state index is 10.6. The van der Waals surface area contributed by atoms with E-state index in [9.17, 15) is 10.1 Å². The van der Waals surface area contributed by atoms with Crippen LogP contribution in [0.2, 0.25) is 0 Å². The van der Waals surface area contributed by atoms with Gasteiger partial charge >= 0.3 is 0 Å². The van der Waals surface area contributed by atoms with E-state index in [0.717, 1.165) is 0 Å². The van der Waals surface area contributed by atoms with Crippen molar-refractivity contribution in [2.24, 2.45) is 5.73 Å². The number of H-pyrrole nitrogens is 1. The van der Waals surface area contributed by atoms with Crippen LogP contribution in [0.15, 0.2) is 0 Å². The van der Waals surface area contributed by atoms with E-state index in [1.54, 1.807) is 13.8 Å². The van der Waals surface area contributed by atoms with Crippen LogP contribution < -0.4 is 10.7 Å². The Morgan fingerprint density at radius 1 is 1.71 bits per heavy atom. The predicted octanol–water partition coefficient (Wildman–Crippen LogP) is -0.0819. The van der Waals surface area contributed by atoms with E-state index in [-0.39, 0.29) is 5.69 Å². The topological polar surface area (TPSA) is 125 Å². The van der Waals surface area contributed by atoms with Crippen molar-refractivity contribution in [1.82, 2.24) is 10.2 Å². The summed E-state index contributed by atoms with van der Waals surface area (Å²) in [6.45, 7) is 3.22. The molecule has 0 unspecified atom stereocenters. The minimum Gasteiger partial charge on any atom is -0.365 e. The minimum absolute atomic E-state index is 0.211. The molecule has 0 aliphatic carbocycles. The molecule has 0 aliphatic heterocycles. The van der Waals surface area contributed by atoms with Crippen LogP contribution in [0.3, 0.4) is 0 Å². The molecule has 0 bridgehead atoms. The number of hydrogen-bond donors (Lipinski definition) is 3. The van der Waals surface area contributed by atoms with Gasteiger partial charge in [-0.3, -0.25) is 10.5 Å². The van der Waals surface area contributed by atoms with Crippen LogP contribution in [-0.2, 0) is 0 Å². The summed E-state index contributed by atoms with van der Waals surface area (Å²) in [6.07, 6.45) is 0. The Morgan fingerprint density at radius 2 is 2.29 bits per heavy atom. The number of rotatable bonds is 2. The zero-order chi connectivity index (χ0) is 10.9. The quantitative estimate of drug-likeness (QED) is 0.265. The van der Waals surface area contributed by atoms with Crippen molar-refractivity contribution in [2.45, 2.75) is 13.8 Å². The first-order valence-corrected chi connectivity index (χ1v) is 3.75. The molecule has 1 aromatic heterocycles. The lowest BCUT2D eigenvalue weighted by atomic mass is 10.3. The molecule has 8 nitrogen and oxygen atoms in total. The number of aromatic nitrogens is 2. The van der Waals surface area contributed by atoms with Gasteiger partial charge in [0.25, 0.3) is 5.96 Å². The Morgan fingerprint density at radius 3 is 2.57 bits per heavy atom. The Balaban J connectivity index is 3.24. The SMILES string of the molecule is Cc1n[nH]c(C)c1N(C(=N)N)[N+](=O)[O-]. The molecule has 0 saturated heterocycles. The van der Waals surface area contributed by atoms with Crippen molar-refractivity contribution in [1.29, 1.82) is 5.41 Å². The highest BCUT2D eigenvalue weighted by molar-refractivity contribution is 5.91.